The van der Waals surface area contributed by atoms with Crippen LogP contribution in [0, 0.1) is 0 Å². The van der Waals surface area contributed by atoms with Gasteiger partial charge in [-0.3, -0.25) is 4.99 Å². The molecule has 0 aliphatic heterocycles. The number of carboxylic acids is 1. The maximum absolute atomic E-state index is 10.7. The van der Waals surface area contributed by atoms with Crippen LogP contribution in [0.25, 0.3) is 0 Å². The fourth-order valence-electron chi connectivity index (χ4n) is 1.46. The minimum Gasteiger partial charge on any atom is -0.478 e. The average Bonchev–Trinajstić information content (AvgIpc) is 2.38. The normalized spacial score (nSPS) is 10.7. The first kappa shape index (κ1) is 11.9. The van der Waals surface area contributed by atoms with Crippen molar-refractivity contribution < 1.29 is 9.90 Å². The van der Waals surface area contributed by atoms with Gasteiger partial charge in [-0.1, -0.05) is 24.3 Å². The summed E-state index contributed by atoms with van der Waals surface area (Å²) < 4.78 is 0. The third-order valence-corrected chi connectivity index (χ3v) is 2.45. The van der Waals surface area contributed by atoms with Crippen LogP contribution in [0.3, 0.4) is 0 Å². The third-order valence-electron chi connectivity index (χ3n) is 2.45. The molecule has 4 heteroatoms. The largest absolute Gasteiger partial charge is 0.478 e. The molecule has 0 saturated heterocycles. The van der Waals surface area contributed by atoms with E-state index >= 15 is 0 Å². The minimum atomic E-state index is -0.939. The van der Waals surface area contributed by atoms with Crippen LogP contribution in [-0.4, -0.2) is 17.3 Å². The first-order chi connectivity index (χ1) is 8.66. The lowest BCUT2D eigenvalue weighted by Gasteiger charge is -1.99. The summed E-state index contributed by atoms with van der Waals surface area (Å²) in [6.45, 7) is 0. The molecule has 0 bridgehead atoms. The second-order valence-corrected chi connectivity index (χ2v) is 3.74. The van der Waals surface area contributed by atoms with Gasteiger partial charge in [-0.05, 0) is 29.8 Å². The van der Waals surface area contributed by atoms with Gasteiger partial charge in [0.2, 0.25) is 0 Å². The average molecular weight is 240 g/mol. The van der Waals surface area contributed by atoms with Crippen LogP contribution in [0.5, 0.6) is 0 Å². The Balaban J connectivity index is 2.19. The summed E-state index contributed by atoms with van der Waals surface area (Å²) in [5.41, 5.74) is 8.14. The molecular weight excluding hydrogens is 228 g/mol. The van der Waals surface area contributed by atoms with Crippen LogP contribution in [-0.2, 0) is 0 Å². The smallest absolute Gasteiger partial charge is 0.335 e. The van der Waals surface area contributed by atoms with Crippen LogP contribution in [0.2, 0.25) is 0 Å². The number of rotatable bonds is 3. The van der Waals surface area contributed by atoms with E-state index < -0.39 is 5.97 Å². The van der Waals surface area contributed by atoms with Crippen molar-refractivity contribution in [3.05, 3.63) is 59.7 Å². The highest BCUT2D eigenvalue weighted by Gasteiger charge is 2.00. The molecule has 0 radical (unpaired) electrons. The number of aromatic carboxylic acids is 1. The van der Waals surface area contributed by atoms with E-state index in [1.165, 1.54) is 12.1 Å². The van der Waals surface area contributed by atoms with Crippen LogP contribution in [0.15, 0.2) is 53.5 Å². The quantitative estimate of drug-likeness (QED) is 0.639. The number of para-hydroxylation sites is 2. The van der Waals surface area contributed by atoms with E-state index in [-0.39, 0.29) is 5.56 Å². The highest BCUT2D eigenvalue weighted by molar-refractivity contribution is 5.89. The van der Waals surface area contributed by atoms with E-state index in [0.29, 0.717) is 11.4 Å². The number of nitrogens with zero attached hydrogens (tertiary/aromatic N) is 1. The molecule has 90 valence electrons. The molecule has 0 fully saturated rings. The van der Waals surface area contributed by atoms with E-state index in [9.17, 15) is 4.79 Å². The number of aliphatic imine (C=N–C) groups is 1. The lowest BCUT2D eigenvalue weighted by atomic mass is 10.1. The monoisotopic (exact) mass is 240 g/mol. The van der Waals surface area contributed by atoms with Gasteiger partial charge in [0, 0.05) is 6.21 Å². The topological polar surface area (TPSA) is 75.7 Å². The van der Waals surface area contributed by atoms with Crippen LogP contribution >= 0.6 is 0 Å². The van der Waals surface area contributed by atoms with Crippen molar-refractivity contribution in [2.24, 2.45) is 4.99 Å². The van der Waals surface area contributed by atoms with Crippen molar-refractivity contribution in [1.82, 2.24) is 0 Å². The highest BCUT2D eigenvalue weighted by Crippen LogP contribution is 2.20. The summed E-state index contributed by atoms with van der Waals surface area (Å²) in [4.78, 5) is 14.9. The molecule has 2 aromatic carbocycles. The molecular formula is C14H12N2O2. The minimum absolute atomic E-state index is 0.256. The summed E-state index contributed by atoms with van der Waals surface area (Å²) in [5.74, 6) is -0.939. The number of hydrogen-bond donors (Lipinski definition) is 2. The molecule has 3 N–H and O–H groups in total. The lowest BCUT2D eigenvalue weighted by molar-refractivity contribution is 0.0697. The lowest BCUT2D eigenvalue weighted by Crippen LogP contribution is -1.95. The van der Waals surface area contributed by atoms with Gasteiger partial charge < -0.3 is 10.8 Å². The molecule has 0 aromatic heterocycles. The summed E-state index contributed by atoms with van der Waals surface area (Å²) in [7, 11) is 0. The van der Waals surface area contributed by atoms with Gasteiger partial charge in [-0.2, -0.15) is 0 Å². The van der Waals surface area contributed by atoms with Crippen LogP contribution < -0.4 is 5.73 Å². The molecule has 0 unspecified atom stereocenters. The molecule has 0 aliphatic carbocycles. The van der Waals surface area contributed by atoms with Gasteiger partial charge in [0.1, 0.15) is 0 Å². The Kier molecular flexibility index (Phi) is 3.38. The Bertz CT molecular complexity index is 589. The number of nitrogen functional groups attached to an aromatic ring is 1. The molecule has 0 spiro atoms. The molecule has 0 saturated carbocycles. The maximum atomic E-state index is 10.7. The van der Waals surface area contributed by atoms with Crippen LogP contribution in [0.4, 0.5) is 11.4 Å². The fourth-order valence-corrected chi connectivity index (χ4v) is 1.46. The number of carboxylic acid groups (broad SMARTS) is 1. The Morgan fingerprint density at radius 1 is 1.11 bits per heavy atom. The number of carbonyl (C=O) groups is 1. The molecule has 2 rings (SSSR count). The molecule has 0 amide bonds. The number of hydrogen-bond acceptors (Lipinski definition) is 3. The number of benzene rings is 2. The molecule has 0 atom stereocenters. The summed E-state index contributed by atoms with van der Waals surface area (Å²) in [6, 6.07) is 13.8. The zero-order chi connectivity index (χ0) is 13.0. The van der Waals surface area contributed by atoms with Gasteiger partial charge in [-0.15, -0.1) is 0 Å². The highest BCUT2D eigenvalue weighted by atomic mass is 16.4. The summed E-state index contributed by atoms with van der Waals surface area (Å²) >= 11 is 0. The summed E-state index contributed by atoms with van der Waals surface area (Å²) in [6.07, 6.45) is 1.65. The SMILES string of the molecule is Nc1ccccc1/N=C/c1ccc(C(=O)O)cc1. The molecule has 0 aliphatic rings. The van der Waals surface area contributed by atoms with E-state index in [1.807, 2.05) is 18.2 Å². The van der Waals surface area contributed by atoms with E-state index in [0.717, 1.165) is 5.56 Å². The Morgan fingerprint density at radius 3 is 2.39 bits per heavy atom. The van der Waals surface area contributed by atoms with Crippen molar-refractivity contribution in [2.45, 2.75) is 0 Å². The van der Waals surface area contributed by atoms with Gasteiger partial charge >= 0.3 is 5.97 Å². The molecule has 0 heterocycles. The predicted molar refractivity (Wildman–Crippen MR) is 71.5 cm³/mol. The van der Waals surface area contributed by atoms with Crippen molar-refractivity contribution in [2.75, 3.05) is 5.73 Å². The second-order valence-electron chi connectivity index (χ2n) is 3.74. The van der Waals surface area contributed by atoms with Crippen molar-refractivity contribution in [3.63, 3.8) is 0 Å². The summed E-state index contributed by atoms with van der Waals surface area (Å²) in [5, 5.41) is 8.77. The maximum Gasteiger partial charge on any atom is 0.335 e. The van der Waals surface area contributed by atoms with Gasteiger partial charge in [0.15, 0.2) is 0 Å². The zero-order valence-corrected chi connectivity index (χ0v) is 9.58. The fraction of sp³-hybridized carbons (Fsp3) is 0. The second kappa shape index (κ2) is 5.14. The zero-order valence-electron chi connectivity index (χ0n) is 9.58. The standard InChI is InChI=1S/C14H12N2O2/c15-12-3-1-2-4-13(12)16-9-10-5-7-11(8-6-10)14(17)18/h1-9H,15H2,(H,17,18)/b16-9+. The Labute approximate surface area is 104 Å². The van der Waals surface area contributed by atoms with E-state index in [2.05, 4.69) is 4.99 Å². The van der Waals surface area contributed by atoms with Crippen molar-refractivity contribution >= 4 is 23.6 Å². The van der Waals surface area contributed by atoms with Crippen LogP contribution in [0.1, 0.15) is 15.9 Å². The molecule has 2 aromatic rings. The van der Waals surface area contributed by atoms with E-state index in [1.54, 1.807) is 24.4 Å². The van der Waals surface area contributed by atoms with E-state index in [4.69, 9.17) is 10.8 Å². The third kappa shape index (κ3) is 2.74. The van der Waals surface area contributed by atoms with Gasteiger partial charge in [-0.25, -0.2) is 4.79 Å². The first-order valence-corrected chi connectivity index (χ1v) is 5.39. The Morgan fingerprint density at radius 2 is 1.78 bits per heavy atom. The number of anilines is 1. The number of nitrogens with two attached hydrogens (primary N) is 1. The van der Waals surface area contributed by atoms with Gasteiger partial charge in [0.05, 0.1) is 16.9 Å². The van der Waals surface area contributed by atoms with Crippen molar-refractivity contribution in [1.29, 1.82) is 0 Å². The Hall–Kier alpha value is -2.62. The first-order valence-electron chi connectivity index (χ1n) is 5.39. The van der Waals surface area contributed by atoms with Gasteiger partial charge in [0.25, 0.3) is 0 Å². The molecule has 18 heavy (non-hydrogen) atoms. The molecule has 4 nitrogen and oxygen atoms in total. The predicted octanol–water partition coefficient (Wildman–Crippen LogP) is 2.72. The van der Waals surface area contributed by atoms with Crippen molar-refractivity contribution in [3.8, 4) is 0 Å².